The van der Waals surface area contributed by atoms with E-state index in [-0.39, 0.29) is 70.1 Å². The zero-order valence-electron chi connectivity index (χ0n) is 34.0. The Balaban J connectivity index is 0.000000389. The number of hydrogen-bond acceptors (Lipinski definition) is 3. The summed E-state index contributed by atoms with van der Waals surface area (Å²) in [6.45, 7) is 29.0. The van der Waals surface area contributed by atoms with Crippen molar-refractivity contribution >= 4 is 43.5 Å². The summed E-state index contributed by atoms with van der Waals surface area (Å²) in [5.41, 5.74) is 11.4. The fourth-order valence-corrected chi connectivity index (χ4v) is 9.53. The van der Waals surface area contributed by atoms with Gasteiger partial charge in [-0.3, -0.25) is 4.79 Å². The van der Waals surface area contributed by atoms with Gasteiger partial charge in [-0.05, 0) is 25.7 Å². The third-order valence-electron chi connectivity index (χ3n) is 10.5. The summed E-state index contributed by atoms with van der Waals surface area (Å²) in [6.07, 6.45) is 8.13. The number of hydrogen-bond donors (Lipinski definition) is 1. The maximum Gasteiger partial charge on any atom is 0 e. The van der Waals surface area contributed by atoms with Gasteiger partial charge in [0.05, 0.1) is 5.76 Å². The summed E-state index contributed by atoms with van der Waals surface area (Å²) in [4.78, 5) is 16.8. The van der Waals surface area contributed by atoms with Gasteiger partial charge in [-0.2, -0.15) is 0 Å². The molecule has 4 aromatic rings. The van der Waals surface area contributed by atoms with E-state index in [2.05, 4.69) is 116 Å². The molecule has 1 N–H and O–H groups in total. The molecule has 1 aliphatic heterocycles. The first-order valence-electron chi connectivity index (χ1n) is 19.3. The van der Waals surface area contributed by atoms with Crippen LogP contribution in [-0.4, -0.2) is 41.7 Å². The monoisotopic (exact) mass is 946 g/mol. The minimum atomic E-state index is 0. The number of fused-ring (bicyclic) bond motifs is 3. The van der Waals surface area contributed by atoms with Crippen molar-refractivity contribution < 1.29 is 30.0 Å². The Kier molecular flexibility index (Phi) is 15.9. The first-order chi connectivity index (χ1) is 24.1. The second-order valence-corrected chi connectivity index (χ2v) is 18.9. The van der Waals surface area contributed by atoms with Crippen LogP contribution in [0.4, 0.5) is 0 Å². The number of benzene rings is 2. The summed E-state index contributed by atoms with van der Waals surface area (Å²) in [6, 6.07) is 17.8. The average Bonchev–Trinajstić information content (AvgIpc) is 3.73. The van der Waals surface area contributed by atoms with Gasteiger partial charge in [0.25, 0.3) is 0 Å². The van der Waals surface area contributed by atoms with Gasteiger partial charge in [0, 0.05) is 38.0 Å². The zero-order chi connectivity index (χ0) is 37.8. The average molecular weight is 945 g/mol. The van der Waals surface area contributed by atoms with Crippen LogP contribution in [0.1, 0.15) is 140 Å². The van der Waals surface area contributed by atoms with Gasteiger partial charge in [0.1, 0.15) is 0 Å². The Morgan fingerprint density at radius 2 is 1.52 bits per heavy atom. The summed E-state index contributed by atoms with van der Waals surface area (Å²) < 4.78 is 5.19. The molecule has 2 aromatic heterocycles. The Morgan fingerprint density at radius 3 is 2.00 bits per heavy atom. The SMILES string of the molecule is CCC(CC)C(=O)/C=C(\O)C(CC)CC.Cc1[c-]c(-c2ncc3n2-c2ccc(CC(C)(C)C)cc2B3c2c(C(C)C)cccc2C(C)C)[se]c1C.[Ir]. The fraction of sp³-hybridized carbons (Fsp3) is 0.511. The van der Waals surface area contributed by atoms with Crippen LogP contribution in [-0.2, 0) is 31.3 Å². The predicted molar refractivity (Wildman–Crippen MR) is 221 cm³/mol. The molecule has 0 bridgehead atoms. The molecular weight excluding hydrogens is 882 g/mol. The van der Waals surface area contributed by atoms with Gasteiger partial charge in [0.2, 0.25) is 0 Å². The van der Waals surface area contributed by atoms with Crippen molar-refractivity contribution in [3.05, 3.63) is 87.2 Å². The Labute approximate surface area is 335 Å². The molecule has 1 aliphatic rings. The van der Waals surface area contributed by atoms with Crippen LogP contribution in [0, 0.1) is 37.2 Å². The summed E-state index contributed by atoms with van der Waals surface area (Å²) in [5, 5.41) is 9.76. The molecule has 0 fully saturated rings. The van der Waals surface area contributed by atoms with E-state index in [1.807, 2.05) is 27.7 Å². The van der Waals surface area contributed by atoms with Crippen LogP contribution in [0.15, 0.2) is 54.4 Å². The van der Waals surface area contributed by atoms with Crippen LogP contribution in [0.25, 0.3) is 15.9 Å². The molecule has 7 heteroatoms. The topological polar surface area (TPSA) is 55.1 Å². The molecule has 3 heterocycles. The zero-order valence-corrected chi connectivity index (χ0v) is 38.1. The maximum atomic E-state index is 11.7. The van der Waals surface area contributed by atoms with Crippen LogP contribution in [0.5, 0.6) is 0 Å². The predicted octanol–water partition coefficient (Wildman–Crippen LogP) is 9.55. The molecule has 1 radical (unpaired) electrons. The number of rotatable bonds is 12. The molecule has 0 spiro atoms. The number of imidazole rings is 1. The minimum Gasteiger partial charge on any atom is 0 e. The van der Waals surface area contributed by atoms with E-state index in [9.17, 15) is 9.90 Å². The van der Waals surface area contributed by atoms with Crippen LogP contribution in [0.2, 0.25) is 0 Å². The van der Waals surface area contributed by atoms with Crippen molar-refractivity contribution in [2.75, 3.05) is 0 Å². The van der Waals surface area contributed by atoms with E-state index in [0.717, 1.165) is 37.9 Å². The van der Waals surface area contributed by atoms with Crippen molar-refractivity contribution in [3.8, 4) is 15.9 Å². The van der Waals surface area contributed by atoms with E-state index >= 15 is 0 Å². The number of ketones is 1. The first-order valence-corrected chi connectivity index (χ1v) is 21.0. The van der Waals surface area contributed by atoms with Gasteiger partial charge >= 0.3 is 225 Å². The summed E-state index contributed by atoms with van der Waals surface area (Å²) in [5.74, 6) is 2.55. The number of aliphatic hydroxyl groups excluding tert-OH is 1. The van der Waals surface area contributed by atoms with Gasteiger partial charge in [-0.1, -0.05) is 27.7 Å². The quantitative estimate of drug-likeness (QED) is 0.0588. The van der Waals surface area contributed by atoms with Crippen molar-refractivity contribution in [2.24, 2.45) is 17.3 Å². The van der Waals surface area contributed by atoms with E-state index in [4.69, 9.17) is 4.98 Å². The smallest absolute Gasteiger partial charge is 0 e. The minimum absolute atomic E-state index is 0. The normalized spacial score (nSPS) is 12.7. The van der Waals surface area contributed by atoms with E-state index in [1.54, 1.807) is 0 Å². The molecule has 0 unspecified atom stereocenters. The van der Waals surface area contributed by atoms with Crippen LogP contribution >= 0.6 is 0 Å². The fourth-order valence-electron chi connectivity index (χ4n) is 7.54. The number of carbonyl (C=O) groups is 1. The standard InChI is InChI=1S/C32H38BN2Se.C13H24O2.Ir/c1-19(2)24-11-10-12-25(20(3)4)30(24)33-26-16-23(17-32(7,8)9)13-14-27(26)35-29(33)18-34-31(35)28-15-21(5)22(6)36-28;1-5-10(6-2)12(14)9-13(15)11(7-3)8-4;/h10-14,16,18-20H,17H2,1-9H3;9-11,14H,5-8H2,1-4H3;/q-1;;/b;12-9-;. The molecule has 2 aromatic carbocycles. The van der Waals surface area contributed by atoms with E-state index in [1.165, 1.54) is 59.4 Å². The molecule has 4 nitrogen and oxygen atoms in total. The molecular formula is C45H62BIrN2O2Se-. The number of aryl methyl sites for hydroxylation is 2. The first kappa shape index (κ1) is 44.0. The van der Waals surface area contributed by atoms with Gasteiger partial charge in [0.15, 0.2) is 5.78 Å². The van der Waals surface area contributed by atoms with Crippen molar-refractivity contribution in [1.29, 1.82) is 0 Å². The molecule has 283 valence electrons. The summed E-state index contributed by atoms with van der Waals surface area (Å²) in [7, 11) is 0. The van der Waals surface area contributed by atoms with Crippen LogP contribution < -0.4 is 16.5 Å². The van der Waals surface area contributed by atoms with Gasteiger partial charge in [-0.15, -0.1) is 0 Å². The van der Waals surface area contributed by atoms with E-state index in [0.29, 0.717) is 11.8 Å². The molecule has 0 saturated carbocycles. The molecule has 0 amide bonds. The van der Waals surface area contributed by atoms with Crippen molar-refractivity contribution in [1.82, 2.24) is 9.55 Å². The van der Waals surface area contributed by atoms with Crippen molar-refractivity contribution in [2.45, 2.75) is 134 Å². The maximum absolute atomic E-state index is 11.7. The van der Waals surface area contributed by atoms with Gasteiger partial charge in [-0.25, -0.2) is 0 Å². The van der Waals surface area contributed by atoms with Gasteiger partial charge < -0.3 is 5.11 Å². The molecule has 0 saturated heterocycles. The number of aromatic nitrogens is 2. The Morgan fingerprint density at radius 1 is 0.942 bits per heavy atom. The second kappa shape index (κ2) is 18.7. The number of aliphatic hydroxyl groups is 1. The van der Waals surface area contributed by atoms with Crippen molar-refractivity contribution in [3.63, 3.8) is 0 Å². The van der Waals surface area contributed by atoms with E-state index < -0.39 is 0 Å². The number of allylic oxidation sites excluding steroid dienone is 2. The molecule has 52 heavy (non-hydrogen) atoms. The molecule has 0 aliphatic carbocycles. The number of nitrogens with zero attached hydrogens (tertiary/aromatic N) is 2. The molecule has 0 atom stereocenters. The second-order valence-electron chi connectivity index (χ2n) is 16.3. The Bertz CT molecular complexity index is 1790. The number of carbonyl (C=O) groups excluding carboxylic acids is 1. The third kappa shape index (κ3) is 9.81. The Hall–Kier alpha value is -2.43. The largest absolute Gasteiger partial charge is 0 e. The molecule has 5 rings (SSSR count). The van der Waals surface area contributed by atoms with Crippen LogP contribution in [0.3, 0.4) is 0 Å². The summed E-state index contributed by atoms with van der Waals surface area (Å²) >= 11 is 0.287. The third-order valence-corrected chi connectivity index (χ3v) is 12.8.